The quantitative estimate of drug-likeness (QED) is 0.563. The molecule has 4 unspecified atom stereocenters. The highest BCUT2D eigenvalue weighted by atomic mass is 16.3. The summed E-state index contributed by atoms with van der Waals surface area (Å²) in [5.41, 5.74) is 1.10. The van der Waals surface area contributed by atoms with E-state index in [0.717, 1.165) is 12.6 Å². The highest BCUT2D eigenvalue weighted by Crippen LogP contribution is 2.83. The van der Waals surface area contributed by atoms with E-state index in [2.05, 4.69) is 11.9 Å². The average molecular weight is 165 g/mol. The first kappa shape index (κ1) is 6.39. The van der Waals surface area contributed by atoms with E-state index < -0.39 is 0 Å². The number of likely N-dealkylation sites (tertiary alicyclic amines) is 1. The fraction of sp³-hybridized carbons (Fsp3) is 1.00. The average Bonchev–Trinajstić information content (AvgIpc) is 2.82. The molecule has 0 aromatic carbocycles. The second-order valence-corrected chi connectivity index (χ2v) is 5.54. The summed E-state index contributed by atoms with van der Waals surface area (Å²) in [6.45, 7) is 1.16. The third kappa shape index (κ3) is 0.391. The number of fused-ring (bicyclic) bond motifs is 1. The van der Waals surface area contributed by atoms with Gasteiger partial charge in [-0.15, -0.1) is 0 Å². The van der Waals surface area contributed by atoms with E-state index in [1.54, 1.807) is 0 Å². The molecular formula is C10H15NO. The monoisotopic (exact) mass is 165 g/mol. The Morgan fingerprint density at radius 3 is 2.83 bits per heavy atom. The number of hydrogen-bond acceptors (Lipinski definition) is 2. The van der Waals surface area contributed by atoms with E-state index in [0.29, 0.717) is 16.7 Å². The summed E-state index contributed by atoms with van der Waals surface area (Å²) >= 11 is 0. The number of nitrogens with zero attached hydrogens (tertiary/aromatic N) is 1. The summed E-state index contributed by atoms with van der Waals surface area (Å²) in [7, 11) is 2.24. The molecule has 4 aliphatic rings. The van der Waals surface area contributed by atoms with Gasteiger partial charge in [-0.2, -0.15) is 0 Å². The van der Waals surface area contributed by atoms with Gasteiger partial charge >= 0.3 is 0 Å². The lowest BCUT2D eigenvalue weighted by molar-refractivity contribution is -0.0228. The van der Waals surface area contributed by atoms with Gasteiger partial charge in [0, 0.05) is 23.9 Å². The molecule has 0 amide bonds. The van der Waals surface area contributed by atoms with Gasteiger partial charge in [-0.3, -0.25) is 0 Å². The Morgan fingerprint density at radius 1 is 1.42 bits per heavy atom. The van der Waals surface area contributed by atoms with E-state index in [-0.39, 0.29) is 6.10 Å². The molecule has 1 heterocycles. The van der Waals surface area contributed by atoms with Crippen molar-refractivity contribution in [1.29, 1.82) is 0 Å². The smallest absolute Gasteiger partial charge is 0.0663 e. The topological polar surface area (TPSA) is 23.5 Å². The van der Waals surface area contributed by atoms with Crippen molar-refractivity contribution in [3.8, 4) is 0 Å². The third-order valence-electron chi connectivity index (χ3n) is 5.08. The van der Waals surface area contributed by atoms with Gasteiger partial charge in [-0.05, 0) is 31.7 Å². The van der Waals surface area contributed by atoms with E-state index in [1.165, 1.54) is 19.3 Å². The Balaban J connectivity index is 1.77. The summed E-state index contributed by atoms with van der Waals surface area (Å²) in [6.07, 6.45) is 4.29. The van der Waals surface area contributed by atoms with Gasteiger partial charge in [0.15, 0.2) is 0 Å². The van der Waals surface area contributed by atoms with Crippen molar-refractivity contribution in [2.75, 3.05) is 13.6 Å². The predicted octanol–water partition coefficient (Wildman–Crippen LogP) is 0.461. The Kier molecular flexibility index (Phi) is 0.734. The molecule has 4 rings (SSSR count). The van der Waals surface area contributed by atoms with Crippen LogP contribution in [0.15, 0.2) is 0 Å². The minimum Gasteiger partial charge on any atom is -0.392 e. The molecule has 1 N–H and O–H groups in total. The first-order chi connectivity index (χ1) is 5.71. The molecule has 1 saturated heterocycles. The summed E-state index contributed by atoms with van der Waals surface area (Å²) in [5, 5.41) is 9.78. The molecule has 3 saturated carbocycles. The van der Waals surface area contributed by atoms with E-state index in [9.17, 15) is 5.11 Å². The lowest BCUT2D eigenvalue weighted by Gasteiger charge is -2.48. The maximum atomic E-state index is 9.78. The van der Waals surface area contributed by atoms with Gasteiger partial charge in [0.2, 0.25) is 0 Å². The number of aliphatic hydroxyl groups excluding tert-OH is 1. The zero-order valence-electron chi connectivity index (χ0n) is 7.45. The first-order valence-electron chi connectivity index (χ1n) is 5.09. The Hall–Kier alpha value is -0.0800. The van der Waals surface area contributed by atoms with Crippen LogP contribution in [0.3, 0.4) is 0 Å². The van der Waals surface area contributed by atoms with Gasteiger partial charge in [0.25, 0.3) is 0 Å². The molecule has 2 heteroatoms. The van der Waals surface area contributed by atoms with Crippen molar-refractivity contribution >= 4 is 0 Å². The second-order valence-electron chi connectivity index (χ2n) is 5.54. The van der Waals surface area contributed by atoms with Crippen molar-refractivity contribution in [3.05, 3.63) is 0 Å². The number of piperidine rings is 1. The van der Waals surface area contributed by atoms with Crippen LogP contribution in [0.4, 0.5) is 0 Å². The van der Waals surface area contributed by atoms with Crippen LogP contribution < -0.4 is 0 Å². The molecule has 4 fully saturated rings. The fourth-order valence-electron chi connectivity index (χ4n) is 4.53. The molecule has 0 bridgehead atoms. The summed E-state index contributed by atoms with van der Waals surface area (Å²) in [5.74, 6) is 0.652. The summed E-state index contributed by atoms with van der Waals surface area (Å²) in [4.78, 5) is 2.51. The maximum absolute atomic E-state index is 9.78. The van der Waals surface area contributed by atoms with Crippen molar-refractivity contribution in [3.63, 3.8) is 0 Å². The van der Waals surface area contributed by atoms with Gasteiger partial charge in [-0.25, -0.2) is 0 Å². The van der Waals surface area contributed by atoms with E-state index >= 15 is 0 Å². The highest BCUT2D eigenvalue weighted by Gasteiger charge is 2.86. The van der Waals surface area contributed by atoms with Crippen LogP contribution in [0.25, 0.3) is 0 Å². The van der Waals surface area contributed by atoms with Crippen molar-refractivity contribution in [1.82, 2.24) is 4.90 Å². The zero-order chi connectivity index (χ0) is 8.14. The summed E-state index contributed by atoms with van der Waals surface area (Å²) in [6, 6.07) is 0.769. The molecular weight excluding hydrogens is 150 g/mol. The van der Waals surface area contributed by atoms with Crippen LogP contribution in [0.2, 0.25) is 0 Å². The van der Waals surface area contributed by atoms with Crippen molar-refractivity contribution in [2.24, 2.45) is 16.7 Å². The van der Waals surface area contributed by atoms with Crippen LogP contribution in [-0.4, -0.2) is 35.7 Å². The lowest BCUT2D eigenvalue weighted by Crippen LogP contribution is -2.54. The van der Waals surface area contributed by atoms with E-state index in [4.69, 9.17) is 0 Å². The number of aliphatic hydroxyl groups is 1. The minimum absolute atomic E-state index is 0.0740. The van der Waals surface area contributed by atoms with Gasteiger partial charge in [-0.1, -0.05) is 0 Å². The fourth-order valence-corrected chi connectivity index (χ4v) is 4.53. The third-order valence-corrected chi connectivity index (χ3v) is 5.08. The van der Waals surface area contributed by atoms with Crippen LogP contribution in [0, 0.1) is 16.7 Å². The zero-order valence-corrected chi connectivity index (χ0v) is 7.45. The lowest BCUT2D eigenvalue weighted by atomic mass is 9.63. The van der Waals surface area contributed by atoms with Crippen LogP contribution in [0.1, 0.15) is 19.3 Å². The van der Waals surface area contributed by atoms with Gasteiger partial charge in [0.1, 0.15) is 0 Å². The van der Waals surface area contributed by atoms with Crippen LogP contribution in [-0.2, 0) is 0 Å². The number of rotatable bonds is 0. The molecule has 0 aromatic rings. The Bertz CT molecular complexity index is 273. The molecule has 4 atom stereocenters. The molecule has 66 valence electrons. The molecule has 2 nitrogen and oxygen atoms in total. The van der Waals surface area contributed by atoms with Crippen molar-refractivity contribution < 1.29 is 5.11 Å². The Morgan fingerprint density at radius 2 is 2.17 bits per heavy atom. The molecule has 3 aliphatic carbocycles. The van der Waals surface area contributed by atoms with Crippen LogP contribution in [0.5, 0.6) is 0 Å². The predicted molar refractivity (Wildman–Crippen MR) is 44.6 cm³/mol. The molecule has 12 heavy (non-hydrogen) atoms. The maximum Gasteiger partial charge on any atom is 0.0663 e. The SMILES string of the molecule is CN1CC2C(O)C23CC2(CC2)C13. The molecule has 1 aliphatic heterocycles. The number of hydrogen-bond donors (Lipinski definition) is 1. The second kappa shape index (κ2) is 1.38. The minimum atomic E-state index is 0.0740. The molecule has 2 spiro atoms. The molecule has 0 radical (unpaired) electrons. The van der Waals surface area contributed by atoms with Crippen LogP contribution >= 0.6 is 0 Å². The van der Waals surface area contributed by atoms with Gasteiger partial charge < -0.3 is 10.0 Å². The first-order valence-corrected chi connectivity index (χ1v) is 5.09. The normalized spacial score (nSPS) is 64.0. The Labute approximate surface area is 72.6 Å². The largest absolute Gasteiger partial charge is 0.392 e. The standard InChI is InChI=1S/C10H15NO/c1-11-4-6-7(12)10(6)5-9(2-3-9)8(10)11/h6-8,12H,2-5H2,1H3. The summed E-state index contributed by atoms with van der Waals surface area (Å²) < 4.78 is 0. The highest BCUT2D eigenvalue weighted by molar-refractivity contribution is 5.37. The van der Waals surface area contributed by atoms with Crippen molar-refractivity contribution in [2.45, 2.75) is 31.4 Å². The molecule has 0 aromatic heterocycles. The van der Waals surface area contributed by atoms with Gasteiger partial charge in [0.05, 0.1) is 6.10 Å². The van der Waals surface area contributed by atoms with E-state index in [1.807, 2.05) is 0 Å².